The van der Waals surface area contributed by atoms with Crippen LogP contribution in [0, 0.1) is 0 Å². The molecule has 2 rings (SSSR count). The number of nitrogens with one attached hydrogen (secondary N) is 1. The Hall–Kier alpha value is -1.76. The van der Waals surface area contributed by atoms with Crippen molar-refractivity contribution in [2.24, 2.45) is 5.73 Å². The van der Waals surface area contributed by atoms with E-state index in [1.807, 2.05) is 0 Å². The third kappa shape index (κ3) is 4.10. The molecule has 0 spiro atoms. The minimum atomic E-state index is -1.11. The molecule has 8 heteroatoms. The highest BCUT2D eigenvalue weighted by Gasteiger charge is 2.23. The highest BCUT2D eigenvalue weighted by atomic mass is 35.5. The molecule has 0 atom stereocenters. The van der Waals surface area contributed by atoms with E-state index in [1.54, 1.807) is 24.3 Å². The summed E-state index contributed by atoms with van der Waals surface area (Å²) in [5, 5.41) is 16.6. The van der Waals surface area contributed by atoms with Gasteiger partial charge in [0.25, 0.3) is 0 Å². The molecule has 0 aliphatic rings. The van der Waals surface area contributed by atoms with Gasteiger partial charge >= 0.3 is 5.97 Å². The van der Waals surface area contributed by atoms with Crippen LogP contribution in [-0.2, 0) is 0 Å². The number of anilines is 1. The molecule has 0 unspecified atom stereocenters. The number of halogens is 2. The normalized spacial score (nSPS) is 10.0. The summed E-state index contributed by atoms with van der Waals surface area (Å²) in [6, 6.07) is 6.68. The number of nitrogens with two attached hydrogens (primary N) is 1. The molecule has 0 aliphatic carbocycles. The van der Waals surface area contributed by atoms with Gasteiger partial charge in [-0.15, -0.1) is 12.4 Å². The average molecular weight is 332 g/mol. The second-order valence-electron chi connectivity index (χ2n) is 4.12. The monoisotopic (exact) mass is 331 g/mol. The number of aromatic nitrogens is 1. The van der Waals surface area contributed by atoms with Crippen LogP contribution in [0.3, 0.4) is 0 Å². The van der Waals surface area contributed by atoms with Crippen molar-refractivity contribution in [3.05, 3.63) is 34.9 Å². The lowest BCUT2D eigenvalue weighted by atomic mass is 10.1. The maximum absolute atomic E-state index is 11.4. The minimum Gasteiger partial charge on any atom is -0.477 e. The number of hydrogen-bond donors (Lipinski definition) is 3. The summed E-state index contributed by atoms with van der Waals surface area (Å²) >= 11 is 5.80. The summed E-state index contributed by atoms with van der Waals surface area (Å²) in [7, 11) is 0. The molecule has 6 nitrogen and oxygen atoms in total. The number of nitrogens with zero attached hydrogens (tertiary/aromatic N) is 1. The molecule has 1 heterocycles. The van der Waals surface area contributed by atoms with Crippen molar-refractivity contribution in [3.8, 4) is 11.3 Å². The van der Waals surface area contributed by atoms with Crippen LogP contribution in [0.15, 0.2) is 28.8 Å². The Balaban J connectivity index is 0.00000220. The number of carbonyl (C=O) groups is 1. The van der Waals surface area contributed by atoms with Crippen molar-refractivity contribution in [2.45, 2.75) is 6.42 Å². The molecule has 2 aromatic rings. The van der Waals surface area contributed by atoms with Crippen LogP contribution >= 0.6 is 24.0 Å². The number of carboxylic acid groups (broad SMARTS) is 1. The quantitative estimate of drug-likeness (QED) is 0.703. The Morgan fingerprint density at radius 3 is 2.62 bits per heavy atom. The molecule has 0 fully saturated rings. The van der Waals surface area contributed by atoms with E-state index in [4.69, 9.17) is 21.9 Å². The zero-order chi connectivity index (χ0) is 14.5. The molecule has 0 saturated heterocycles. The van der Waals surface area contributed by atoms with Gasteiger partial charge in [0.2, 0.25) is 0 Å². The zero-order valence-electron chi connectivity index (χ0n) is 11.0. The zero-order valence-corrected chi connectivity index (χ0v) is 12.6. The summed E-state index contributed by atoms with van der Waals surface area (Å²) in [5.41, 5.74) is 6.00. The molecule has 0 radical (unpaired) electrons. The smallest absolute Gasteiger partial charge is 0.343 e. The van der Waals surface area contributed by atoms with Crippen LogP contribution in [0.25, 0.3) is 11.3 Å². The van der Waals surface area contributed by atoms with Gasteiger partial charge in [0.15, 0.2) is 17.1 Å². The van der Waals surface area contributed by atoms with Crippen LogP contribution in [-0.4, -0.2) is 29.3 Å². The molecule has 0 amide bonds. The first-order valence-electron chi connectivity index (χ1n) is 6.06. The summed E-state index contributed by atoms with van der Waals surface area (Å²) in [6.45, 7) is 1.04. The molecular formula is C13H15Cl2N3O3. The standard InChI is InChI=1S/C13H14ClN3O3.ClH/c14-9-4-2-8(3-5-9)11-10(13(18)19)12(17-20-11)16-7-1-6-15;/h2-5H,1,6-7,15H2,(H,16,17)(H,18,19);1H. The van der Waals surface area contributed by atoms with Gasteiger partial charge in [-0.3, -0.25) is 0 Å². The summed E-state index contributed by atoms with van der Waals surface area (Å²) in [5.74, 6) is -0.702. The molecule has 0 aliphatic heterocycles. The Morgan fingerprint density at radius 2 is 2.05 bits per heavy atom. The van der Waals surface area contributed by atoms with E-state index >= 15 is 0 Å². The number of carboxylic acids is 1. The summed E-state index contributed by atoms with van der Waals surface area (Å²) < 4.78 is 5.15. The van der Waals surface area contributed by atoms with Crippen LogP contribution in [0.2, 0.25) is 5.02 Å². The first-order chi connectivity index (χ1) is 9.63. The van der Waals surface area contributed by atoms with Gasteiger partial charge in [0, 0.05) is 17.1 Å². The van der Waals surface area contributed by atoms with Crippen LogP contribution in [0.1, 0.15) is 16.8 Å². The van der Waals surface area contributed by atoms with Gasteiger partial charge in [0.1, 0.15) is 0 Å². The van der Waals surface area contributed by atoms with Gasteiger partial charge in [-0.05, 0) is 37.2 Å². The average Bonchev–Trinajstić information content (AvgIpc) is 2.84. The number of aromatic carboxylic acids is 1. The SMILES string of the molecule is Cl.NCCCNc1noc(-c2ccc(Cl)cc2)c1C(=O)O. The minimum absolute atomic E-state index is 0. The van der Waals surface area contributed by atoms with E-state index in [2.05, 4.69) is 10.5 Å². The summed E-state index contributed by atoms with van der Waals surface area (Å²) in [6.07, 6.45) is 0.711. The number of benzene rings is 1. The fourth-order valence-electron chi connectivity index (χ4n) is 1.72. The maximum atomic E-state index is 11.4. The molecule has 1 aromatic heterocycles. The molecule has 114 valence electrons. The molecule has 21 heavy (non-hydrogen) atoms. The van der Waals surface area contributed by atoms with E-state index in [-0.39, 0.29) is 29.5 Å². The third-order valence-electron chi connectivity index (χ3n) is 2.69. The molecule has 0 saturated carbocycles. The molecule has 4 N–H and O–H groups in total. The van der Waals surface area contributed by atoms with Crippen molar-refractivity contribution >= 4 is 35.8 Å². The lowest BCUT2D eigenvalue weighted by Gasteiger charge is -2.02. The Kier molecular flexibility index (Phi) is 6.48. The first kappa shape index (κ1) is 17.3. The van der Waals surface area contributed by atoms with Gasteiger partial charge < -0.3 is 20.7 Å². The fourth-order valence-corrected chi connectivity index (χ4v) is 1.84. The predicted molar refractivity (Wildman–Crippen MR) is 83.3 cm³/mol. The van der Waals surface area contributed by atoms with Crippen LogP contribution < -0.4 is 11.1 Å². The van der Waals surface area contributed by atoms with Crippen LogP contribution in [0.5, 0.6) is 0 Å². The van der Waals surface area contributed by atoms with E-state index < -0.39 is 5.97 Å². The second kappa shape index (κ2) is 7.87. The second-order valence-corrected chi connectivity index (χ2v) is 4.55. The molecule has 1 aromatic carbocycles. The van der Waals surface area contributed by atoms with Gasteiger partial charge in [-0.2, -0.15) is 0 Å². The van der Waals surface area contributed by atoms with Crippen LogP contribution in [0.4, 0.5) is 5.82 Å². The van der Waals surface area contributed by atoms with Crippen molar-refractivity contribution in [2.75, 3.05) is 18.4 Å². The van der Waals surface area contributed by atoms with Crippen molar-refractivity contribution < 1.29 is 14.4 Å². The van der Waals surface area contributed by atoms with Crippen molar-refractivity contribution in [1.82, 2.24) is 5.16 Å². The van der Waals surface area contributed by atoms with Gasteiger partial charge in [-0.25, -0.2) is 4.79 Å². The van der Waals surface area contributed by atoms with Gasteiger partial charge in [-0.1, -0.05) is 16.8 Å². The third-order valence-corrected chi connectivity index (χ3v) is 2.94. The van der Waals surface area contributed by atoms with E-state index in [1.165, 1.54) is 0 Å². The highest BCUT2D eigenvalue weighted by Crippen LogP contribution is 2.30. The van der Waals surface area contributed by atoms with E-state index in [9.17, 15) is 9.90 Å². The maximum Gasteiger partial charge on any atom is 0.343 e. The topological polar surface area (TPSA) is 101 Å². The predicted octanol–water partition coefficient (Wildman–Crippen LogP) is 2.88. The lowest BCUT2D eigenvalue weighted by molar-refractivity contribution is 0.0698. The number of hydrogen-bond acceptors (Lipinski definition) is 5. The van der Waals surface area contributed by atoms with Crippen molar-refractivity contribution in [1.29, 1.82) is 0 Å². The lowest BCUT2D eigenvalue weighted by Crippen LogP contribution is -2.11. The van der Waals surface area contributed by atoms with Crippen molar-refractivity contribution in [3.63, 3.8) is 0 Å². The van der Waals surface area contributed by atoms with E-state index in [0.717, 1.165) is 0 Å². The number of rotatable bonds is 6. The fraction of sp³-hybridized carbons (Fsp3) is 0.231. The Bertz CT molecular complexity index is 599. The Labute approximate surface area is 132 Å². The summed E-state index contributed by atoms with van der Waals surface area (Å²) in [4.78, 5) is 11.4. The van der Waals surface area contributed by atoms with Gasteiger partial charge in [0.05, 0.1) is 0 Å². The first-order valence-corrected chi connectivity index (χ1v) is 6.44. The molecular weight excluding hydrogens is 317 g/mol. The molecule has 0 bridgehead atoms. The van der Waals surface area contributed by atoms with E-state index in [0.29, 0.717) is 30.1 Å². The Morgan fingerprint density at radius 1 is 1.38 bits per heavy atom. The largest absolute Gasteiger partial charge is 0.477 e. The highest BCUT2D eigenvalue weighted by molar-refractivity contribution is 6.30.